The van der Waals surface area contributed by atoms with Crippen molar-refractivity contribution < 1.29 is 19.4 Å². The van der Waals surface area contributed by atoms with E-state index in [1.54, 1.807) is 41.3 Å². The number of aliphatic hydroxyl groups excluding tert-OH is 1. The third-order valence-corrected chi connectivity index (χ3v) is 4.33. The molecular weight excluding hydrogens is 342 g/mol. The number of carbonyl (C=O) groups is 1. The van der Waals surface area contributed by atoms with Crippen molar-refractivity contribution in [3.05, 3.63) is 59.1 Å². The first kappa shape index (κ1) is 17.6. The van der Waals surface area contributed by atoms with Crippen LogP contribution in [0.25, 0.3) is 0 Å². The first-order valence-electron chi connectivity index (χ1n) is 8.16. The third-order valence-electron chi connectivity index (χ3n) is 4.08. The molecule has 1 saturated heterocycles. The minimum absolute atomic E-state index is 0.00780. The summed E-state index contributed by atoms with van der Waals surface area (Å²) in [4.78, 5) is 14.0. The third kappa shape index (κ3) is 4.87. The average molecular weight is 362 g/mol. The maximum absolute atomic E-state index is 12.3. The Morgan fingerprint density at radius 2 is 1.80 bits per heavy atom. The van der Waals surface area contributed by atoms with Gasteiger partial charge in [-0.25, -0.2) is 0 Å². The summed E-state index contributed by atoms with van der Waals surface area (Å²) < 4.78 is 11.4. The van der Waals surface area contributed by atoms with Crippen LogP contribution >= 0.6 is 11.6 Å². The zero-order valence-corrected chi connectivity index (χ0v) is 14.5. The second kappa shape index (κ2) is 8.23. The zero-order valence-electron chi connectivity index (χ0n) is 13.7. The molecule has 2 aromatic rings. The van der Waals surface area contributed by atoms with E-state index in [-0.39, 0.29) is 25.2 Å². The number of hydrogen-bond donors (Lipinski definition) is 1. The fourth-order valence-electron chi connectivity index (χ4n) is 2.68. The van der Waals surface area contributed by atoms with E-state index in [9.17, 15) is 4.79 Å². The van der Waals surface area contributed by atoms with Crippen molar-refractivity contribution in [2.75, 3.05) is 19.7 Å². The molecule has 1 heterocycles. The maximum atomic E-state index is 12.3. The molecule has 0 aromatic heterocycles. The van der Waals surface area contributed by atoms with Gasteiger partial charge in [0.1, 0.15) is 17.6 Å². The average Bonchev–Trinajstić information content (AvgIpc) is 3.10. The van der Waals surface area contributed by atoms with Gasteiger partial charge < -0.3 is 19.5 Å². The molecule has 5 nitrogen and oxygen atoms in total. The molecule has 0 radical (unpaired) electrons. The van der Waals surface area contributed by atoms with Gasteiger partial charge >= 0.3 is 0 Å². The molecule has 1 unspecified atom stereocenters. The van der Waals surface area contributed by atoms with Crippen LogP contribution in [0, 0.1) is 0 Å². The van der Waals surface area contributed by atoms with E-state index in [1.165, 1.54) is 0 Å². The summed E-state index contributed by atoms with van der Waals surface area (Å²) in [5, 5.41) is 9.68. The van der Waals surface area contributed by atoms with Gasteiger partial charge in [0.2, 0.25) is 0 Å². The van der Waals surface area contributed by atoms with Crippen molar-refractivity contribution in [2.24, 2.45) is 0 Å². The summed E-state index contributed by atoms with van der Waals surface area (Å²) in [6, 6.07) is 14.2. The molecule has 0 aliphatic carbocycles. The van der Waals surface area contributed by atoms with E-state index < -0.39 is 0 Å². The molecule has 1 fully saturated rings. The molecular formula is C19H20ClNO4. The molecule has 1 amide bonds. The number of aliphatic hydroxyl groups is 1. The van der Waals surface area contributed by atoms with Gasteiger partial charge in [0.05, 0.1) is 13.2 Å². The van der Waals surface area contributed by atoms with Crippen LogP contribution in [-0.4, -0.2) is 41.7 Å². The number of carbonyl (C=O) groups excluding carboxylic acids is 1. The normalized spacial score (nSPS) is 16.7. The minimum atomic E-state index is -0.0616. The highest BCUT2D eigenvalue weighted by Crippen LogP contribution is 2.21. The number of rotatable bonds is 6. The number of hydrogen-bond acceptors (Lipinski definition) is 4. The Morgan fingerprint density at radius 3 is 2.48 bits per heavy atom. The summed E-state index contributed by atoms with van der Waals surface area (Å²) in [5.74, 6) is 1.30. The topological polar surface area (TPSA) is 59.0 Å². The Labute approximate surface area is 151 Å². The molecule has 0 saturated carbocycles. The van der Waals surface area contributed by atoms with Crippen molar-refractivity contribution in [1.82, 2.24) is 4.90 Å². The van der Waals surface area contributed by atoms with Crippen molar-refractivity contribution in [3.8, 4) is 11.5 Å². The van der Waals surface area contributed by atoms with Gasteiger partial charge in [-0.2, -0.15) is 0 Å². The van der Waals surface area contributed by atoms with Crippen molar-refractivity contribution >= 4 is 17.5 Å². The lowest BCUT2D eigenvalue weighted by atomic mass is 10.2. The Morgan fingerprint density at radius 1 is 1.12 bits per heavy atom. The van der Waals surface area contributed by atoms with Crippen LogP contribution in [0.1, 0.15) is 12.0 Å². The van der Waals surface area contributed by atoms with Gasteiger partial charge in [-0.15, -0.1) is 0 Å². The summed E-state index contributed by atoms with van der Waals surface area (Å²) in [7, 11) is 0. The van der Waals surface area contributed by atoms with Crippen LogP contribution in [0.15, 0.2) is 48.5 Å². The summed E-state index contributed by atoms with van der Waals surface area (Å²) in [6.07, 6.45) is 0.772. The van der Waals surface area contributed by atoms with Crippen molar-refractivity contribution in [2.45, 2.75) is 19.1 Å². The fourth-order valence-corrected chi connectivity index (χ4v) is 2.81. The van der Waals surface area contributed by atoms with Gasteiger partial charge in [-0.1, -0.05) is 23.7 Å². The molecule has 1 N–H and O–H groups in total. The Balaban J connectivity index is 1.46. The molecule has 2 aromatic carbocycles. The maximum Gasteiger partial charge on any atom is 0.260 e. The van der Waals surface area contributed by atoms with E-state index in [0.29, 0.717) is 23.9 Å². The first-order valence-corrected chi connectivity index (χ1v) is 8.54. The molecule has 0 spiro atoms. The predicted molar refractivity (Wildman–Crippen MR) is 94.9 cm³/mol. The molecule has 25 heavy (non-hydrogen) atoms. The van der Waals surface area contributed by atoms with Gasteiger partial charge in [0.15, 0.2) is 6.61 Å². The van der Waals surface area contributed by atoms with Crippen LogP contribution in [0.5, 0.6) is 11.5 Å². The predicted octanol–water partition coefficient (Wildman–Crippen LogP) is 2.89. The van der Waals surface area contributed by atoms with Gasteiger partial charge in [-0.3, -0.25) is 4.79 Å². The SMILES string of the molecule is O=C(COc1ccc(CO)cc1)N1CCC(Oc2ccc(Cl)cc2)C1. The minimum Gasteiger partial charge on any atom is -0.489 e. The van der Waals surface area contributed by atoms with E-state index in [1.807, 2.05) is 12.1 Å². The number of amides is 1. The van der Waals surface area contributed by atoms with Crippen LogP contribution in [0.2, 0.25) is 5.02 Å². The van der Waals surface area contributed by atoms with Crippen LogP contribution in [-0.2, 0) is 11.4 Å². The first-order chi connectivity index (χ1) is 12.1. The molecule has 1 aliphatic heterocycles. The highest BCUT2D eigenvalue weighted by Gasteiger charge is 2.27. The number of ether oxygens (including phenoxy) is 2. The summed E-state index contributed by atoms with van der Waals surface area (Å²) >= 11 is 5.86. The van der Waals surface area contributed by atoms with Crippen molar-refractivity contribution in [1.29, 1.82) is 0 Å². The van der Waals surface area contributed by atoms with Gasteiger partial charge in [-0.05, 0) is 42.0 Å². The van der Waals surface area contributed by atoms with E-state index >= 15 is 0 Å². The highest BCUT2D eigenvalue weighted by molar-refractivity contribution is 6.30. The fraction of sp³-hybridized carbons (Fsp3) is 0.316. The molecule has 6 heteroatoms. The number of nitrogens with zero attached hydrogens (tertiary/aromatic N) is 1. The summed E-state index contributed by atoms with van der Waals surface area (Å²) in [6.45, 7) is 1.19. The quantitative estimate of drug-likeness (QED) is 0.859. The number of likely N-dealkylation sites (tertiary alicyclic amines) is 1. The highest BCUT2D eigenvalue weighted by atomic mass is 35.5. The van der Waals surface area contributed by atoms with Crippen molar-refractivity contribution in [3.63, 3.8) is 0 Å². The number of halogens is 1. The lowest BCUT2D eigenvalue weighted by Crippen LogP contribution is -2.34. The van der Waals surface area contributed by atoms with E-state index in [2.05, 4.69) is 0 Å². The largest absolute Gasteiger partial charge is 0.489 e. The molecule has 0 bridgehead atoms. The molecule has 1 atom stereocenters. The zero-order chi connectivity index (χ0) is 17.6. The van der Waals surface area contributed by atoms with Crippen LogP contribution in [0.3, 0.4) is 0 Å². The molecule has 132 valence electrons. The second-order valence-electron chi connectivity index (χ2n) is 5.91. The second-order valence-corrected chi connectivity index (χ2v) is 6.35. The Hall–Kier alpha value is -2.24. The standard InChI is InChI=1S/C19H20ClNO4/c20-15-3-7-17(8-4-15)25-18-9-10-21(11-18)19(23)13-24-16-5-1-14(12-22)2-6-16/h1-8,18,22H,9-13H2. The van der Waals surface area contributed by atoms with Gasteiger partial charge in [0, 0.05) is 18.0 Å². The van der Waals surface area contributed by atoms with Gasteiger partial charge in [0.25, 0.3) is 5.91 Å². The smallest absolute Gasteiger partial charge is 0.260 e. The Kier molecular flexibility index (Phi) is 5.79. The molecule has 1 aliphatic rings. The van der Waals surface area contributed by atoms with E-state index in [4.69, 9.17) is 26.2 Å². The lowest BCUT2D eigenvalue weighted by molar-refractivity contribution is -0.132. The summed E-state index contributed by atoms with van der Waals surface area (Å²) in [5.41, 5.74) is 0.806. The van der Waals surface area contributed by atoms with E-state index in [0.717, 1.165) is 17.7 Å². The molecule has 3 rings (SSSR count). The van der Waals surface area contributed by atoms with Crippen LogP contribution in [0.4, 0.5) is 0 Å². The Bertz CT molecular complexity index is 702. The number of benzene rings is 2. The van der Waals surface area contributed by atoms with Crippen LogP contribution < -0.4 is 9.47 Å². The monoisotopic (exact) mass is 361 g/mol. The lowest BCUT2D eigenvalue weighted by Gasteiger charge is -2.17.